The van der Waals surface area contributed by atoms with Gasteiger partial charge < -0.3 is 34.5 Å². The molecule has 3 aliphatic rings. The summed E-state index contributed by atoms with van der Waals surface area (Å²) in [7, 11) is 4.49. The Morgan fingerprint density at radius 2 is 1.67 bits per heavy atom. The van der Waals surface area contributed by atoms with Crippen LogP contribution < -0.4 is 29.7 Å². The van der Waals surface area contributed by atoms with Crippen molar-refractivity contribution in [3.05, 3.63) is 48.6 Å². The van der Waals surface area contributed by atoms with Crippen LogP contribution in [0.5, 0.6) is 17.2 Å². The first kappa shape index (κ1) is 23.7. The topological polar surface area (TPSA) is 115 Å². The lowest BCUT2D eigenvalue weighted by atomic mass is 9.77. The van der Waals surface area contributed by atoms with Crippen molar-refractivity contribution in [3.8, 4) is 17.2 Å². The van der Waals surface area contributed by atoms with Crippen LogP contribution in [-0.2, 0) is 19.1 Å². The molecular weight excluding hydrogens is 466 g/mol. The summed E-state index contributed by atoms with van der Waals surface area (Å²) >= 11 is 0. The summed E-state index contributed by atoms with van der Waals surface area (Å²) in [6.45, 7) is 1.73. The lowest BCUT2D eigenvalue weighted by Gasteiger charge is -2.24. The summed E-state index contributed by atoms with van der Waals surface area (Å²) in [5.74, 6) is -0.841. The van der Waals surface area contributed by atoms with Crippen LogP contribution >= 0.6 is 0 Å². The minimum absolute atomic E-state index is 0.176. The number of methoxy groups -OCH3 is 3. The molecule has 0 aromatic heterocycles. The second kappa shape index (κ2) is 8.87. The van der Waals surface area contributed by atoms with Crippen LogP contribution in [0.2, 0.25) is 0 Å². The van der Waals surface area contributed by atoms with Crippen LogP contribution in [0, 0.1) is 11.8 Å². The highest BCUT2D eigenvalue weighted by molar-refractivity contribution is 6.05. The molecule has 5 rings (SSSR count). The third-order valence-electron chi connectivity index (χ3n) is 6.83. The second-order valence-electron chi connectivity index (χ2n) is 8.96. The minimum atomic E-state index is -0.866. The maximum atomic E-state index is 13.6. The Balaban J connectivity index is 1.39. The zero-order valence-electron chi connectivity index (χ0n) is 20.4. The third kappa shape index (κ3) is 3.74. The van der Waals surface area contributed by atoms with Gasteiger partial charge in [-0.1, -0.05) is 12.2 Å². The Morgan fingerprint density at radius 1 is 1.00 bits per heavy atom. The standard InChI is InChI=1S/C26H27N3O7/c1-14(30)27-15-5-7-17(8-6-15)29-13-26-10-9-18(36-26)21(22(26)25(29)32)24(31)28-16-11-19(33-2)23(35-4)20(12-16)34-3/h5-12,18,21-22H,13H2,1-4H3,(H,27,30)(H,28,31)/t18-,21+,22-,26+/m0/s1. The van der Waals surface area contributed by atoms with Crippen molar-refractivity contribution < 1.29 is 33.3 Å². The predicted octanol–water partition coefficient (Wildman–Crippen LogP) is 2.60. The summed E-state index contributed by atoms with van der Waals surface area (Å²) in [6.07, 6.45) is 3.26. The molecule has 1 spiro atoms. The second-order valence-corrected chi connectivity index (χ2v) is 8.96. The van der Waals surface area contributed by atoms with Crippen molar-refractivity contribution in [1.82, 2.24) is 0 Å². The van der Waals surface area contributed by atoms with Crippen LogP contribution in [0.4, 0.5) is 17.1 Å². The Morgan fingerprint density at radius 3 is 2.25 bits per heavy atom. The third-order valence-corrected chi connectivity index (χ3v) is 6.83. The van der Waals surface area contributed by atoms with E-state index in [0.29, 0.717) is 40.9 Å². The van der Waals surface area contributed by atoms with Gasteiger partial charge in [-0.2, -0.15) is 0 Å². The summed E-state index contributed by atoms with van der Waals surface area (Å²) < 4.78 is 22.3. The van der Waals surface area contributed by atoms with Gasteiger partial charge in [-0.05, 0) is 24.3 Å². The number of amides is 3. The van der Waals surface area contributed by atoms with Crippen molar-refractivity contribution in [3.63, 3.8) is 0 Å². The molecule has 10 heteroatoms. The normalized spacial score (nSPS) is 25.5. The van der Waals surface area contributed by atoms with Gasteiger partial charge in [0.25, 0.3) is 0 Å². The fourth-order valence-electron chi connectivity index (χ4n) is 5.32. The molecule has 4 atom stereocenters. The van der Waals surface area contributed by atoms with Gasteiger partial charge >= 0.3 is 0 Å². The number of hydrogen-bond donors (Lipinski definition) is 2. The number of ether oxygens (including phenoxy) is 4. The molecule has 3 heterocycles. The molecule has 2 bridgehead atoms. The van der Waals surface area contributed by atoms with Gasteiger partial charge in [-0.25, -0.2) is 0 Å². The number of hydrogen-bond acceptors (Lipinski definition) is 7. The highest BCUT2D eigenvalue weighted by Gasteiger charge is 2.67. The van der Waals surface area contributed by atoms with Crippen molar-refractivity contribution in [1.29, 1.82) is 0 Å². The first-order valence-corrected chi connectivity index (χ1v) is 11.5. The molecule has 2 aromatic carbocycles. The SMILES string of the molecule is COc1cc(NC(=O)[C@@H]2[C@@H]3C=C[C@]4(CN(c5ccc(NC(C)=O)cc5)C(=O)[C@H]24)O3)cc(OC)c1OC. The molecule has 0 saturated carbocycles. The summed E-state index contributed by atoms with van der Waals surface area (Å²) in [5, 5.41) is 5.61. The van der Waals surface area contributed by atoms with E-state index >= 15 is 0 Å². The molecule has 0 aliphatic carbocycles. The molecular formula is C26H27N3O7. The lowest BCUT2D eigenvalue weighted by molar-refractivity contribution is -0.128. The van der Waals surface area contributed by atoms with Gasteiger partial charge in [0, 0.05) is 36.1 Å². The van der Waals surface area contributed by atoms with Crippen LogP contribution in [0.1, 0.15) is 6.92 Å². The number of nitrogens with zero attached hydrogens (tertiary/aromatic N) is 1. The fourth-order valence-corrected chi connectivity index (χ4v) is 5.32. The van der Waals surface area contributed by atoms with E-state index in [-0.39, 0.29) is 17.7 Å². The Kier molecular flexibility index (Phi) is 5.83. The number of anilines is 3. The molecule has 2 fully saturated rings. The number of fused-ring (bicyclic) bond motifs is 1. The smallest absolute Gasteiger partial charge is 0.234 e. The van der Waals surface area contributed by atoms with Gasteiger partial charge in [0.1, 0.15) is 5.60 Å². The number of benzene rings is 2. The molecule has 3 amide bonds. The quantitative estimate of drug-likeness (QED) is 0.570. The molecule has 2 N–H and O–H groups in total. The molecule has 3 aliphatic heterocycles. The van der Waals surface area contributed by atoms with Crippen LogP contribution in [0.3, 0.4) is 0 Å². The van der Waals surface area contributed by atoms with Crippen LogP contribution in [-0.4, -0.2) is 57.3 Å². The zero-order valence-corrected chi connectivity index (χ0v) is 20.4. The van der Waals surface area contributed by atoms with Gasteiger partial charge in [0.15, 0.2) is 11.5 Å². The molecule has 2 saturated heterocycles. The van der Waals surface area contributed by atoms with E-state index in [1.165, 1.54) is 28.3 Å². The Hall–Kier alpha value is -4.05. The van der Waals surface area contributed by atoms with Crippen molar-refractivity contribution in [2.75, 3.05) is 43.4 Å². The van der Waals surface area contributed by atoms with E-state index in [2.05, 4.69) is 10.6 Å². The minimum Gasteiger partial charge on any atom is -0.493 e. The number of rotatable bonds is 7. The monoisotopic (exact) mass is 493 g/mol. The van der Waals surface area contributed by atoms with Crippen LogP contribution in [0.25, 0.3) is 0 Å². The number of carbonyl (C=O) groups is 3. The Bertz CT molecular complexity index is 1230. The van der Waals surface area contributed by atoms with E-state index in [4.69, 9.17) is 18.9 Å². The molecule has 10 nitrogen and oxygen atoms in total. The van der Waals surface area contributed by atoms with Crippen molar-refractivity contribution >= 4 is 34.8 Å². The van der Waals surface area contributed by atoms with Crippen LogP contribution in [0.15, 0.2) is 48.6 Å². The van der Waals surface area contributed by atoms with Gasteiger partial charge in [0.2, 0.25) is 23.5 Å². The maximum Gasteiger partial charge on any atom is 0.234 e. The number of carbonyl (C=O) groups excluding carboxylic acids is 3. The van der Waals surface area contributed by atoms with Gasteiger partial charge in [-0.3, -0.25) is 14.4 Å². The molecule has 2 aromatic rings. The fraction of sp³-hybridized carbons (Fsp3) is 0.346. The summed E-state index contributed by atoms with van der Waals surface area (Å²) in [4.78, 5) is 40.0. The predicted molar refractivity (Wildman–Crippen MR) is 132 cm³/mol. The zero-order chi connectivity index (χ0) is 25.6. The maximum absolute atomic E-state index is 13.6. The number of nitrogens with one attached hydrogen (secondary N) is 2. The van der Waals surface area contributed by atoms with E-state index in [1.54, 1.807) is 41.3 Å². The van der Waals surface area contributed by atoms with E-state index in [0.717, 1.165) is 0 Å². The van der Waals surface area contributed by atoms with Crippen molar-refractivity contribution in [2.45, 2.75) is 18.6 Å². The average molecular weight is 494 g/mol. The van der Waals surface area contributed by atoms with Gasteiger partial charge in [-0.15, -0.1) is 0 Å². The molecule has 0 unspecified atom stereocenters. The summed E-state index contributed by atoms with van der Waals surface area (Å²) in [5.41, 5.74) is 0.888. The highest BCUT2D eigenvalue weighted by Crippen LogP contribution is 2.53. The molecule has 0 radical (unpaired) electrons. The lowest BCUT2D eigenvalue weighted by Crippen LogP contribution is -2.41. The van der Waals surface area contributed by atoms with E-state index in [1.807, 2.05) is 12.2 Å². The Labute approximate surface area is 208 Å². The molecule has 188 valence electrons. The van der Waals surface area contributed by atoms with Gasteiger partial charge in [0.05, 0.1) is 45.8 Å². The molecule has 36 heavy (non-hydrogen) atoms. The average Bonchev–Trinajstić information content (AvgIpc) is 3.51. The van der Waals surface area contributed by atoms with Crippen molar-refractivity contribution in [2.24, 2.45) is 11.8 Å². The largest absolute Gasteiger partial charge is 0.493 e. The first-order chi connectivity index (χ1) is 17.3. The van der Waals surface area contributed by atoms with E-state index in [9.17, 15) is 14.4 Å². The highest BCUT2D eigenvalue weighted by atomic mass is 16.5. The first-order valence-electron chi connectivity index (χ1n) is 11.5. The van der Waals surface area contributed by atoms with E-state index < -0.39 is 23.5 Å². The summed E-state index contributed by atoms with van der Waals surface area (Å²) in [6, 6.07) is 10.3.